The van der Waals surface area contributed by atoms with Crippen molar-refractivity contribution < 1.29 is 23.1 Å². The molecule has 1 atom stereocenters. The Hall–Kier alpha value is -1.60. The molecule has 1 rings (SSSR count). The van der Waals surface area contributed by atoms with Crippen LogP contribution in [0.5, 0.6) is 5.75 Å². The average molecular weight is 287 g/mol. The highest BCUT2D eigenvalue weighted by molar-refractivity contribution is 7.89. The van der Waals surface area contributed by atoms with Crippen molar-refractivity contribution in [1.82, 2.24) is 4.72 Å². The second-order valence-corrected chi connectivity index (χ2v) is 5.95. The second kappa shape index (κ2) is 6.53. The van der Waals surface area contributed by atoms with E-state index >= 15 is 0 Å². The average Bonchev–Trinajstić information content (AvgIpc) is 2.36. The molecular weight excluding hydrogens is 270 g/mol. The van der Waals surface area contributed by atoms with E-state index in [2.05, 4.69) is 4.72 Å². The fraction of sp³-hybridized carbons (Fsp3) is 0.417. The van der Waals surface area contributed by atoms with Crippen LogP contribution in [0.3, 0.4) is 0 Å². The first kappa shape index (κ1) is 15.5. The maximum absolute atomic E-state index is 11.6. The Morgan fingerprint density at radius 3 is 2.42 bits per heavy atom. The fourth-order valence-corrected chi connectivity index (χ4v) is 2.75. The van der Waals surface area contributed by atoms with Gasteiger partial charge in [0.25, 0.3) is 0 Å². The Morgan fingerprint density at radius 1 is 1.37 bits per heavy atom. The summed E-state index contributed by atoms with van der Waals surface area (Å²) in [5.74, 6) is -0.879. The van der Waals surface area contributed by atoms with E-state index in [0.717, 1.165) is 5.56 Å². The number of aliphatic carboxylic acids is 1. The van der Waals surface area contributed by atoms with Crippen LogP contribution < -0.4 is 9.46 Å². The molecule has 7 heteroatoms. The minimum absolute atomic E-state index is 0.412. The molecule has 6 nitrogen and oxygen atoms in total. The zero-order chi connectivity index (χ0) is 14.5. The lowest BCUT2D eigenvalue weighted by Crippen LogP contribution is -2.30. The molecule has 0 saturated carbocycles. The van der Waals surface area contributed by atoms with E-state index in [1.54, 1.807) is 38.3 Å². The standard InChI is InChI=1S/C12H17NO5S/c1-9(10-3-5-11(18-2)6-4-10)13-19(16,17)8-7-12(14)15/h3-6,9,13H,7-8H2,1-2H3,(H,14,15). The van der Waals surface area contributed by atoms with E-state index in [1.165, 1.54) is 0 Å². The zero-order valence-corrected chi connectivity index (χ0v) is 11.6. The molecule has 1 aromatic rings. The van der Waals surface area contributed by atoms with Gasteiger partial charge in [-0.05, 0) is 24.6 Å². The molecule has 0 saturated heterocycles. The molecular formula is C12H17NO5S. The largest absolute Gasteiger partial charge is 0.497 e. The third kappa shape index (κ3) is 5.27. The summed E-state index contributed by atoms with van der Waals surface area (Å²) in [5, 5.41) is 8.48. The Morgan fingerprint density at radius 2 is 1.95 bits per heavy atom. The number of rotatable bonds is 7. The zero-order valence-electron chi connectivity index (χ0n) is 10.8. The van der Waals surface area contributed by atoms with Crippen molar-refractivity contribution in [3.05, 3.63) is 29.8 Å². The van der Waals surface area contributed by atoms with Crippen LogP contribution in [-0.4, -0.2) is 32.4 Å². The lowest BCUT2D eigenvalue weighted by atomic mass is 10.1. The highest BCUT2D eigenvalue weighted by atomic mass is 32.2. The SMILES string of the molecule is COc1ccc(C(C)NS(=O)(=O)CCC(=O)O)cc1. The van der Waals surface area contributed by atoms with Gasteiger partial charge in [-0.1, -0.05) is 12.1 Å². The number of benzene rings is 1. The van der Waals surface area contributed by atoms with Gasteiger partial charge in [-0.25, -0.2) is 13.1 Å². The number of methoxy groups -OCH3 is 1. The van der Waals surface area contributed by atoms with E-state index in [1.807, 2.05) is 0 Å². The topological polar surface area (TPSA) is 92.7 Å². The monoisotopic (exact) mass is 287 g/mol. The summed E-state index contributed by atoms with van der Waals surface area (Å²) in [7, 11) is -2.05. The predicted molar refractivity (Wildman–Crippen MR) is 70.6 cm³/mol. The van der Waals surface area contributed by atoms with Gasteiger partial charge in [0.1, 0.15) is 5.75 Å². The van der Waals surface area contributed by atoms with Crippen molar-refractivity contribution in [2.45, 2.75) is 19.4 Å². The van der Waals surface area contributed by atoms with E-state index in [4.69, 9.17) is 9.84 Å². The molecule has 0 amide bonds. The molecule has 1 aromatic carbocycles. The lowest BCUT2D eigenvalue weighted by molar-refractivity contribution is -0.136. The second-order valence-electron chi connectivity index (χ2n) is 4.08. The molecule has 19 heavy (non-hydrogen) atoms. The fourth-order valence-electron chi connectivity index (χ4n) is 1.51. The van der Waals surface area contributed by atoms with Crippen molar-refractivity contribution in [1.29, 1.82) is 0 Å². The molecule has 0 heterocycles. The van der Waals surface area contributed by atoms with Crippen LogP contribution >= 0.6 is 0 Å². The van der Waals surface area contributed by atoms with Gasteiger partial charge in [0.05, 0.1) is 19.3 Å². The van der Waals surface area contributed by atoms with Gasteiger partial charge in [0.2, 0.25) is 10.0 Å². The Bertz CT molecular complexity index is 524. The van der Waals surface area contributed by atoms with Crippen LogP contribution in [0.1, 0.15) is 24.9 Å². The Balaban J connectivity index is 2.67. The van der Waals surface area contributed by atoms with Crippen LogP contribution in [0, 0.1) is 0 Å². The quantitative estimate of drug-likeness (QED) is 0.784. The van der Waals surface area contributed by atoms with Crippen LogP contribution in [0.4, 0.5) is 0 Å². The third-order valence-electron chi connectivity index (χ3n) is 2.56. The van der Waals surface area contributed by atoms with Gasteiger partial charge < -0.3 is 9.84 Å². The van der Waals surface area contributed by atoms with Gasteiger partial charge in [0, 0.05) is 6.04 Å². The summed E-state index contributed by atoms with van der Waals surface area (Å²) in [6, 6.07) is 6.55. The summed E-state index contributed by atoms with van der Waals surface area (Å²) in [6.45, 7) is 1.69. The summed E-state index contributed by atoms with van der Waals surface area (Å²) in [5.41, 5.74) is 0.778. The van der Waals surface area contributed by atoms with E-state index in [9.17, 15) is 13.2 Å². The molecule has 0 radical (unpaired) electrons. The van der Waals surface area contributed by atoms with Crippen molar-refractivity contribution in [2.24, 2.45) is 0 Å². The summed E-state index contributed by atoms with van der Waals surface area (Å²) in [4.78, 5) is 10.4. The number of carbonyl (C=O) groups is 1. The van der Waals surface area contributed by atoms with Crippen molar-refractivity contribution in [3.63, 3.8) is 0 Å². The van der Waals surface area contributed by atoms with Crippen LogP contribution in [-0.2, 0) is 14.8 Å². The first-order valence-electron chi connectivity index (χ1n) is 5.70. The van der Waals surface area contributed by atoms with E-state index < -0.39 is 34.2 Å². The molecule has 0 fully saturated rings. The molecule has 0 aliphatic rings. The van der Waals surface area contributed by atoms with Crippen molar-refractivity contribution in [3.8, 4) is 5.75 Å². The predicted octanol–water partition coefficient (Wildman–Crippen LogP) is 1.15. The summed E-state index contributed by atoms with van der Waals surface area (Å²) >= 11 is 0. The van der Waals surface area contributed by atoms with E-state index in [-0.39, 0.29) is 0 Å². The van der Waals surface area contributed by atoms with Gasteiger partial charge in [-0.3, -0.25) is 4.79 Å². The van der Waals surface area contributed by atoms with Gasteiger partial charge in [-0.15, -0.1) is 0 Å². The molecule has 106 valence electrons. The summed E-state index contributed by atoms with van der Waals surface area (Å²) in [6.07, 6.45) is -0.412. The normalized spacial score (nSPS) is 12.9. The first-order valence-corrected chi connectivity index (χ1v) is 7.35. The van der Waals surface area contributed by atoms with Gasteiger partial charge >= 0.3 is 5.97 Å². The summed E-state index contributed by atoms with van der Waals surface area (Å²) < 4.78 is 30.7. The number of nitrogens with one attached hydrogen (secondary N) is 1. The van der Waals surface area contributed by atoms with Crippen LogP contribution in [0.15, 0.2) is 24.3 Å². The van der Waals surface area contributed by atoms with Crippen molar-refractivity contribution in [2.75, 3.05) is 12.9 Å². The number of carboxylic acid groups (broad SMARTS) is 1. The number of hydrogen-bond donors (Lipinski definition) is 2. The third-order valence-corrected chi connectivity index (χ3v) is 4.01. The minimum Gasteiger partial charge on any atom is -0.497 e. The molecule has 0 aliphatic carbocycles. The van der Waals surface area contributed by atoms with Crippen LogP contribution in [0.2, 0.25) is 0 Å². The number of carboxylic acids is 1. The number of hydrogen-bond acceptors (Lipinski definition) is 4. The van der Waals surface area contributed by atoms with Gasteiger partial charge in [-0.2, -0.15) is 0 Å². The molecule has 2 N–H and O–H groups in total. The Kier molecular flexibility index (Phi) is 5.31. The maximum atomic E-state index is 11.6. The highest BCUT2D eigenvalue weighted by Gasteiger charge is 2.17. The highest BCUT2D eigenvalue weighted by Crippen LogP contribution is 2.17. The lowest BCUT2D eigenvalue weighted by Gasteiger charge is -2.14. The maximum Gasteiger partial charge on any atom is 0.304 e. The first-order chi connectivity index (χ1) is 8.84. The van der Waals surface area contributed by atoms with Crippen LogP contribution in [0.25, 0.3) is 0 Å². The molecule has 0 spiro atoms. The molecule has 0 aromatic heterocycles. The number of sulfonamides is 1. The van der Waals surface area contributed by atoms with Gasteiger partial charge in [0.15, 0.2) is 0 Å². The molecule has 0 bridgehead atoms. The molecule has 1 unspecified atom stereocenters. The smallest absolute Gasteiger partial charge is 0.304 e. The Labute approximate surface area is 112 Å². The molecule has 0 aliphatic heterocycles. The minimum atomic E-state index is -3.60. The number of ether oxygens (including phenoxy) is 1. The van der Waals surface area contributed by atoms with E-state index in [0.29, 0.717) is 5.75 Å². The van der Waals surface area contributed by atoms with Crippen molar-refractivity contribution >= 4 is 16.0 Å².